The van der Waals surface area contributed by atoms with Crippen LogP contribution in [-0.4, -0.2) is 35.7 Å². The van der Waals surface area contributed by atoms with Crippen LogP contribution in [0.15, 0.2) is 24.3 Å². The molecule has 16 heavy (non-hydrogen) atoms. The van der Waals surface area contributed by atoms with Gasteiger partial charge in [0.15, 0.2) is 0 Å². The molecule has 1 amide bonds. The fourth-order valence-corrected chi connectivity index (χ4v) is 1.81. The van der Waals surface area contributed by atoms with Gasteiger partial charge in [0.05, 0.1) is 12.3 Å². The number of carbonyl (C=O) groups is 1. The number of nitrogens with zero attached hydrogens (tertiary/aromatic N) is 2. The number of carbonyl (C=O) groups excluding carboxylic acids is 1. The Balaban J connectivity index is 2.22. The molecular weight excluding hydrogens is 211 g/mol. The first kappa shape index (κ1) is 11.0. The first-order valence-corrected chi connectivity index (χ1v) is 5.16. The molecule has 1 heterocycles. The van der Waals surface area contributed by atoms with E-state index in [-0.39, 0.29) is 18.3 Å². The summed E-state index contributed by atoms with van der Waals surface area (Å²) in [4.78, 5) is 11.7. The van der Waals surface area contributed by atoms with Gasteiger partial charge >= 0.3 is 0 Å². The number of anilines is 1. The van der Waals surface area contributed by atoms with Crippen LogP contribution in [0.1, 0.15) is 6.42 Å². The monoisotopic (exact) mass is 224 g/mol. The molecule has 1 saturated heterocycles. The summed E-state index contributed by atoms with van der Waals surface area (Å²) in [6.07, 6.45) is 0.428. The van der Waals surface area contributed by atoms with Crippen molar-refractivity contribution in [3.63, 3.8) is 0 Å². The van der Waals surface area contributed by atoms with Crippen molar-refractivity contribution in [3.8, 4) is 0 Å². The standard InChI is InChI=1S/C11H13FN2O2/c12-9-1-3-10(4-2-9)14-11(16)5-6-13(14)7-8-15/h1-4,15H,5-8H2. The molecule has 0 unspecified atom stereocenters. The number of halogens is 1. The van der Waals surface area contributed by atoms with Gasteiger partial charge in [-0.2, -0.15) is 0 Å². The van der Waals surface area contributed by atoms with Crippen LogP contribution in [0, 0.1) is 5.82 Å². The van der Waals surface area contributed by atoms with Gasteiger partial charge in [0.25, 0.3) is 0 Å². The van der Waals surface area contributed by atoms with E-state index in [0.717, 1.165) is 0 Å². The molecule has 1 aliphatic rings. The third-order valence-electron chi connectivity index (χ3n) is 2.53. The van der Waals surface area contributed by atoms with Crippen molar-refractivity contribution in [1.82, 2.24) is 5.01 Å². The maximum atomic E-state index is 12.8. The molecule has 0 spiro atoms. The minimum Gasteiger partial charge on any atom is -0.395 e. The number of hydrogen-bond donors (Lipinski definition) is 1. The predicted molar refractivity (Wildman–Crippen MR) is 57.2 cm³/mol. The minimum atomic E-state index is -0.330. The third-order valence-corrected chi connectivity index (χ3v) is 2.53. The summed E-state index contributed by atoms with van der Waals surface area (Å²) in [6, 6.07) is 5.75. The van der Waals surface area contributed by atoms with Gasteiger partial charge in [0.2, 0.25) is 5.91 Å². The van der Waals surface area contributed by atoms with Gasteiger partial charge in [-0.15, -0.1) is 0 Å². The molecule has 0 aliphatic carbocycles. The van der Waals surface area contributed by atoms with E-state index >= 15 is 0 Å². The fraction of sp³-hybridized carbons (Fsp3) is 0.364. The highest BCUT2D eigenvalue weighted by Gasteiger charge is 2.29. The zero-order valence-electron chi connectivity index (χ0n) is 8.77. The second-order valence-corrected chi connectivity index (χ2v) is 3.61. The highest BCUT2D eigenvalue weighted by atomic mass is 19.1. The Bertz CT molecular complexity index is 380. The van der Waals surface area contributed by atoms with Crippen LogP contribution in [-0.2, 0) is 4.79 Å². The molecule has 1 fully saturated rings. The van der Waals surface area contributed by atoms with E-state index in [1.165, 1.54) is 17.1 Å². The highest BCUT2D eigenvalue weighted by molar-refractivity contribution is 5.94. The molecule has 2 rings (SSSR count). The summed E-state index contributed by atoms with van der Waals surface area (Å²) in [5.74, 6) is -0.357. The van der Waals surface area contributed by atoms with E-state index in [1.54, 1.807) is 17.1 Å². The van der Waals surface area contributed by atoms with Crippen LogP contribution in [0.4, 0.5) is 10.1 Å². The summed E-state index contributed by atoms with van der Waals surface area (Å²) in [5, 5.41) is 12.1. The molecule has 1 aromatic rings. The fourth-order valence-electron chi connectivity index (χ4n) is 1.81. The SMILES string of the molecule is O=C1CCN(CCO)N1c1ccc(F)cc1. The Kier molecular flexibility index (Phi) is 3.17. The quantitative estimate of drug-likeness (QED) is 0.824. The summed E-state index contributed by atoms with van der Waals surface area (Å²) < 4.78 is 12.8. The first-order chi connectivity index (χ1) is 7.72. The molecule has 5 heteroatoms. The molecule has 1 aromatic carbocycles. The van der Waals surface area contributed by atoms with Crippen molar-refractivity contribution < 1.29 is 14.3 Å². The Labute approximate surface area is 92.9 Å². The maximum Gasteiger partial charge on any atom is 0.242 e. The van der Waals surface area contributed by atoms with E-state index in [4.69, 9.17) is 5.11 Å². The zero-order valence-corrected chi connectivity index (χ0v) is 8.77. The largest absolute Gasteiger partial charge is 0.395 e. The van der Waals surface area contributed by atoms with E-state index < -0.39 is 0 Å². The van der Waals surface area contributed by atoms with Gasteiger partial charge in [-0.3, -0.25) is 4.79 Å². The van der Waals surface area contributed by atoms with Crippen molar-refractivity contribution in [3.05, 3.63) is 30.1 Å². The molecule has 0 atom stereocenters. The number of amides is 1. The molecule has 1 aliphatic heterocycles. The van der Waals surface area contributed by atoms with E-state index in [0.29, 0.717) is 25.2 Å². The lowest BCUT2D eigenvalue weighted by molar-refractivity contribution is -0.118. The average molecular weight is 224 g/mol. The minimum absolute atomic E-state index is 0.00895. The normalized spacial score (nSPS) is 17.1. The lowest BCUT2D eigenvalue weighted by Crippen LogP contribution is -2.40. The number of benzene rings is 1. The van der Waals surface area contributed by atoms with Gasteiger partial charge in [0, 0.05) is 19.5 Å². The maximum absolute atomic E-state index is 12.8. The second-order valence-electron chi connectivity index (χ2n) is 3.61. The zero-order chi connectivity index (χ0) is 11.5. The van der Waals surface area contributed by atoms with Gasteiger partial charge in [-0.05, 0) is 24.3 Å². The van der Waals surface area contributed by atoms with E-state index in [1.807, 2.05) is 0 Å². The lowest BCUT2D eigenvalue weighted by Gasteiger charge is -2.27. The number of hydrogen-bond acceptors (Lipinski definition) is 3. The van der Waals surface area contributed by atoms with Crippen molar-refractivity contribution >= 4 is 11.6 Å². The van der Waals surface area contributed by atoms with Crippen LogP contribution in [0.3, 0.4) is 0 Å². The van der Waals surface area contributed by atoms with Crippen molar-refractivity contribution in [1.29, 1.82) is 0 Å². The summed E-state index contributed by atoms with van der Waals surface area (Å²) in [5.41, 5.74) is 0.636. The van der Waals surface area contributed by atoms with Gasteiger partial charge in [0.1, 0.15) is 5.82 Å². The van der Waals surface area contributed by atoms with E-state index in [2.05, 4.69) is 0 Å². The van der Waals surface area contributed by atoms with Gasteiger partial charge in [-0.1, -0.05) is 0 Å². The van der Waals surface area contributed by atoms with Crippen LogP contribution in [0.5, 0.6) is 0 Å². The smallest absolute Gasteiger partial charge is 0.242 e. The van der Waals surface area contributed by atoms with Crippen molar-refractivity contribution in [2.45, 2.75) is 6.42 Å². The summed E-state index contributed by atoms with van der Waals surface area (Å²) >= 11 is 0. The number of rotatable bonds is 3. The molecule has 86 valence electrons. The van der Waals surface area contributed by atoms with Crippen molar-refractivity contribution in [2.24, 2.45) is 0 Å². The number of β-amino-alcohol motifs (C(OH)–C–C–N with tert-alkyl or cyclic N) is 1. The summed E-state index contributed by atoms with van der Waals surface area (Å²) in [6.45, 7) is 0.991. The average Bonchev–Trinajstić information content (AvgIpc) is 2.62. The van der Waals surface area contributed by atoms with Crippen LogP contribution < -0.4 is 5.01 Å². The van der Waals surface area contributed by atoms with Gasteiger partial charge < -0.3 is 5.11 Å². The molecule has 0 saturated carbocycles. The molecule has 1 N–H and O–H groups in total. The van der Waals surface area contributed by atoms with Crippen molar-refractivity contribution in [2.75, 3.05) is 24.7 Å². The molecule has 4 nitrogen and oxygen atoms in total. The Morgan fingerprint density at radius 1 is 1.31 bits per heavy atom. The number of aliphatic hydroxyl groups is 1. The van der Waals surface area contributed by atoms with Crippen LogP contribution >= 0.6 is 0 Å². The highest BCUT2D eigenvalue weighted by Crippen LogP contribution is 2.22. The topological polar surface area (TPSA) is 43.8 Å². The van der Waals surface area contributed by atoms with Crippen LogP contribution in [0.25, 0.3) is 0 Å². The third kappa shape index (κ3) is 2.05. The predicted octanol–water partition coefficient (Wildman–Crippen LogP) is 0.772. The first-order valence-electron chi connectivity index (χ1n) is 5.16. The Hall–Kier alpha value is -1.46. The second kappa shape index (κ2) is 4.59. The molecule has 0 aromatic heterocycles. The van der Waals surface area contributed by atoms with E-state index in [9.17, 15) is 9.18 Å². The molecule has 0 radical (unpaired) electrons. The Morgan fingerprint density at radius 2 is 2.00 bits per heavy atom. The summed E-state index contributed by atoms with van der Waals surface area (Å²) in [7, 11) is 0. The number of hydrazine groups is 1. The van der Waals surface area contributed by atoms with Gasteiger partial charge in [-0.25, -0.2) is 14.4 Å². The lowest BCUT2D eigenvalue weighted by atomic mass is 10.3. The Morgan fingerprint density at radius 3 is 2.62 bits per heavy atom. The molecule has 0 bridgehead atoms. The number of aliphatic hydroxyl groups excluding tert-OH is 1. The molecular formula is C11H13FN2O2. The van der Waals surface area contributed by atoms with Crippen LogP contribution in [0.2, 0.25) is 0 Å².